The van der Waals surface area contributed by atoms with E-state index in [9.17, 15) is 0 Å². The maximum Gasteiger partial charge on any atom is 0.234 e. The van der Waals surface area contributed by atoms with Crippen molar-refractivity contribution in [2.75, 3.05) is 20.8 Å². The summed E-state index contributed by atoms with van der Waals surface area (Å²) in [6, 6.07) is 13.4. The molecular formula is C20H18N4O4S. The van der Waals surface area contributed by atoms with Gasteiger partial charge in [0.25, 0.3) is 0 Å². The normalized spacial score (nSPS) is 15.4. The summed E-state index contributed by atoms with van der Waals surface area (Å²) in [6.45, 7) is 0.361. The van der Waals surface area contributed by atoms with E-state index >= 15 is 0 Å². The molecule has 29 heavy (non-hydrogen) atoms. The molecule has 0 N–H and O–H groups in total. The molecule has 1 unspecified atom stereocenters. The van der Waals surface area contributed by atoms with Crippen LogP contribution in [0.5, 0.6) is 23.0 Å². The smallest absolute Gasteiger partial charge is 0.234 e. The van der Waals surface area contributed by atoms with Crippen LogP contribution in [0.2, 0.25) is 0 Å². The lowest BCUT2D eigenvalue weighted by atomic mass is 10.1. The van der Waals surface area contributed by atoms with Gasteiger partial charge >= 0.3 is 0 Å². The molecule has 2 aromatic carbocycles. The summed E-state index contributed by atoms with van der Waals surface area (Å²) in [4.78, 5) is 0.720. The lowest BCUT2D eigenvalue weighted by Crippen LogP contribution is -2.23. The number of nitrogens with zero attached hydrogens (tertiary/aromatic N) is 4. The molecule has 9 heteroatoms. The Morgan fingerprint density at radius 3 is 2.72 bits per heavy atom. The summed E-state index contributed by atoms with van der Waals surface area (Å²) in [5.74, 6) is 3.45. The first-order valence-corrected chi connectivity index (χ1v) is 9.87. The van der Waals surface area contributed by atoms with Crippen LogP contribution in [0.15, 0.2) is 42.5 Å². The topological polar surface area (TPSA) is 80.0 Å². The molecule has 0 radical (unpaired) electrons. The quantitative estimate of drug-likeness (QED) is 0.499. The molecule has 0 saturated carbocycles. The van der Waals surface area contributed by atoms with Crippen molar-refractivity contribution < 1.29 is 18.9 Å². The zero-order valence-electron chi connectivity index (χ0n) is 15.9. The van der Waals surface area contributed by atoms with Crippen LogP contribution in [0.3, 0.4) is 0 Å². The number of fused-ring (bicyclic) bond motifs is 2. The molecule has 1 aliphatic heterocycles. The largest absolute Gasteiger partial charge is 0.493 e. The van der Waals surface area contributed by atoms with Crippen molar-refractivity contribution in [3.05, 3.63) is 58.9 Å². The highest BCUT2D eigenvalue weighted by atomic mass is 32.1. The molecule has 0 saturated heterocycles. The van der Waals surface area contributed by atoms with Crippen molar-refractivity contribution in [2.45, 2.75) is 12.5 Å². The van der Waals surface area contributed by atoms with Crippen LogP contribution in [-0.2, 0) is 6.42 Å². The molecule has 8 nitrogen and oxygen atoms in total. The van der Waals surface area contributed by atoms with E-state index in [2.05, 4.69) is 10.2 Å². The molecule has 3 heterocycles. The Bertz CT molecular complexity index is 1170. The standard InChI is InChI=1S/C20H18N4O4S/c1-25-13-8-7-12(9-16(13)26-2)10-18-23-24-19(21-22-20(24)29-18)17-11-27-14-5-3-4-6-15(14)28-17/h3-9,17H,10-11H2,1-2H3. The Morgan fingerprint density at radius 1 is 1.07 bits per heavy atom. The van der Waals surface area contributed by atoms with Crippen molar-refractivity contribution in [1.82, 2.24) is 19.8 Å². The number of methoxy groups -OCH3 is 2. The van der Waals surface area contributed by atoms with E-state index in [0.717, 1.165) is 21.3 Å². The highest BCUT2D eigenvalue weighted by Gasteiger charge is 2.28. The highest BCUT2D eigenvalue weighted by molar-refractivity contribution is 7.16. The van der Waals surface area contributed by atoms with Gasteiger partial charge in [0, 0.05) is 6.42 Å². The van der Waals surface area contributed by atoms with Crippen molar-refractivity contribution in [2.24, 2.45) is 0 Å². The first-order chi connectivity index (χ1) is 14.2. The summed E-state index contributed by atoms with van der Waals surface area (Å²) in [5.41, 5.74) is 1.07. The number of hydrogen-bond donors (Lipinski definition) is 0. The zero-order chi connectivity index (χ0) is 19.8. The maximum atomic E-state index is 6.05. The van der Waals surface area contributed by atoms with Crippen LogP contribution < -0.4 is 18.9 Å². The molecule has 0 amide bonds. The Hall–Kier alpha value is -3.33. The molecule has 2 aromatic heterocycles. The second kappa shape index (κ2) is 7.25. The summed E-state index contributed by atoms with van der Waals surface area (Å²) in [5, 5.41) is 14.1. The minimum absolute atomic E-state index is 0.361. The van der Waals surface area contributed by atoms with Crippen LogP contribution >= 0.6 is 11.3 Å². The van der Waals surface area contributed by atoms with Gasteiger partial charge in [-0.2, -0.15) is 9.61 Å². The predicted molar refractivity (Wildman–Crippen MR) is 106 cm³/mol. The van der Waals surface area contributed by atoms with Gasteiger partial charge in [-0.3, -0.25) is 0 Å². The van der Waals surface area contributed by atoms with Crippen LogP contribution in [0.25, 0.3) is 4.96 Å². The fourth-order valence-electron chi connectivity index (χ4n) is 3.26. The van der Waals surface area contributed by atoms with Gasteiger partial charge in [-0.25, -0.2) is 0 Å². The van der Waals surface area contributed by atoms with Gasteiger partial charge in [-0.05, 0) is 29.8 Å². The summed E-state index contributed by atoms with van der Waals surface area (Å²) < 4.78 is 24.3. The minimum Gasteiger partial charge on any atom is -0.493 e. The fourth-order valence-corrected chi connectivity index (χ4v) is 4.13. The van der Waals surface area contributed by atoms with Gasteiger partial charge in [0.2, 0.25) is 4.96 Å². The molecule has 0 spiro atoms. The van der Waals surface area contributed by atoms with Gasteiger partial charge in [0.05, 0.1) is 14.2 Å². The second-order valence-corrected chi connectivity index (χ2v) is 7.52. The van der Waals surface area contributed by atoms with Gasteiger partial charge < -0.3 is 18.9 Å². The van der Waals surface area contributed by atoms with Crippen molar-refractivity contribution in [3.63, 3.8) is 0 Å². The van der Waals surface area contributed by atoms with E-state index in [-0.39, 0.29) is 6.10 Å². The molecule has 148 valence electrons. The van der Waals surface area contributed by atoms with Crippen LogP contribution in [0, 0.1) is 0 Å². The van der Waals surface area contributed by atoms with Crippen molar-refractivity contribution in [1.29, 1.82) is 0 Å². The van der Waals surface area contributed by atoms with Crippen LogP contribution in [0.4, 0.5) is 0 Å². The number of benzene rings is 2. The highest BCUT2D eigenvalue weighted by Crippen LogP contribution is 2.36. The number of para-hydroxylation sites is 2. The van der Waals surface area contributed by atoms with Gasteiger partial charge in [0.15, 0.2) is 34.9 Å². The molecule has 4 aromatic rings. The van der Waals surface area contributed by atoms with Gasteiger partial charge in [-0.1, -0.05) is 29.5 Å². The number of ether oxygens (including phenoxy) is 4. The van der Waals surface area contributed by atoms with Gasteiger partial charge in [0.1, 0.15) is 11.6 Å². The predicted octanol–water partition coefficient (Wildman–Crippen LogP) is 3.31. The minimum atomic E-state index is -0.365. The lowest BCUT2D eigenvalue weighted by molar-refractivity contribution is 0.0836. The third kappa shape index (κ3) is 3.23. The molecule has 0 fully saturated rings. The Labute approximate surface area is 170 Å². The van der Waals surface area contributed by atoms with Crippen LogP contribution in [0.1, 0.15) is 22.5 Å². The first kappa shape index (κ1) is 17.7. The molecular weight excluding hydrogens is 392 g/mol. The molecule has 1 aliphatic rings. The number of hydrogen-bond acceptors (Lipinski definition) is 8. The van der Waals surface area contributed by atoms with E-state index in [4.69, 9.17) is 24.0 Å². The zero-order valence-corrected chi connectivity index (χ0v) is 16.7. The van der Waals surface area contributed by atoms with Gasteiger partial charge in [-0.15, -0.1) is 10.2 Å². The SMILES string of the molecule is COc1ccc(Cc2nn3c(C4COc5ccccc5O4)nnc3s2)cc1OC. The van der Waals surface area contributed by atoms with Crippen LogP contribution in [-0.4, -0.2) is 40.6 Å². The monoisotopic (exact) mass is 410 g/mol. The Kier molecular flexibility index (Phi) is 4.44. The summed E-state index contributed by atoms with van der Waals surface area (Å²) >= 11 is 1.50. The molecule has 0 bridgehead atoms. The third-order valence-corrected chi connectivity index (χ3v) is 5.56. The summed E-state index contributed by atoms with van der Waals surface area (Å²) in [6.07, 6.45) is 0.287. The van der Waals surface area contributed by atoms with E-state index in [0.29, 0.717) is 36.1 Å². The van der Waals surface area contributed by atoms with E-state index in [1.165, 1.54) is 11.3 Å². The number of rotatable bonds is 5. The van der Waals surface area contributed by atoms with E-state index in [1.807, 2.05) is 42.5 Å². The summed E-state index contributed by atoms with van der Waals surface area (Å²) in [7, 11) is 3.25. The molecule has 0 aliphatic carbocycles. The number of aromatic nitrogens is 4. The Morgan fingerprint density at radius 2 is 1.90 bits per heavy atom. The van der Waals surface area contributed by atoms with E-state index in [1.54, 1.807) is 18.7 Å². The Balaban J connectivity index is 1.41. The average molecular weight is 410 g/mol. The third-order valence-electron chi connectivity index (χ3n) is 4.66. The van der Waals surface area contributed by atoms with Crippen molar-refractivity contribution >= 4 is 16.3 Å². The molecule has 5 rings (SSSR count). The van der Waals surface area contributed by atoms with Crippen molar-refractivity contribution in [3.8, 4) is 23.0 Å². The lowest BCUT2D eigenvalue weighted by Gasteiger charge is -2.24. The average Bonchev–Trinajstić information content (AvgIpc) is 3.33. The second-order valence-electron chi connectivity index (χ2n) is 6.48. The first-order valence-electron chi connectivity index (χ1n) is 9.05. The fraction of sp³-hybridized carbons (Fsp3) is 0.250. The van der Waals surface area contributed by atoms with E-state index < -0.39 is 0 Å². The maximum absolute atomic E-state index is 6.05. The molecule has 1 atom stereocenters.